The number of ketones is 1. The Hall–Kier alpha value is -2.99. The number of ether oxygens (including phenoxy) is 1. The molecule has 0 N–H and O–H groups in total. The second-order valence-electron chi connectivity index (χ2n) is 10.3. The average molecular weight is 739 g/mol. The maximum Gasteiger partial charge on any atom is 0.379 e. The largest absolute Gasteiger partial charge is 0.457 e. The highest BCUT2D eigenvalue weighted by Gasteiger charge is 2.67. The minimum atomic E-state index is -0.797. The van der Waals surface area contributed by atoms with E-state index in [2.05, 4.69) is 31.9 Å². The number of carbonyl (C=O) groups excluding carboxylic acids is 5. The molecule has 0 radical (unpaired) electrons. The van der Waals surface area contributed by atoms with Gasteiger partial charge >= 0.3 is 5.97 Å². The molecule has 6 atom stereocenters. The van der Waals surface area contributed by atoms with Crippen LogP contribution in [0.5, 0.6) is 5.75 Å². The number of fused-ring (bicyclic) bond motifs is 5. The van der Waals surface area contributed by atoms with Gasteiger partial charge in [0.25, 0.3) is 17.7 Å². The number of imide groups is 1. The maximum absolute atomic E-state index is 13.9. The zero-order chi connectivity index (χ0) is 29.9. The van der Waals surface area contributed by atoms with Gasteiger partial charge in [0.1, 0.15) is 12.3 Å². The fraction of sp³-hybridized carbons (Fsp3) is 0.276. The number of Topliss-reactive ketones (excluding diaryl/α,β-unsaturated/α-hetero) is 1. The monoisotopic (exact) mass is 736 g/mol. The molecular formula is C29H20Br2Cl2N2O7. The Morgan fingerprint density at radius 2 is 1.60 bits per heavy atom. The molecule has 42 heavy (non-hydrogen) atoms. The molecule has 0 unspecified atom stereocenters. The summed E-state index contributed by atoms with van der Waals surface area (Å²) in [5, 5.41) is 1.99. The Kier molecular flexibility index (Phi) is 7.80. The molecule has 1 aliphatic heterocycles. The summed E-state index contributed by atoms with van der Waals surface area (Å²) in [5.41, 5.74) is 0.139. The van der Waals surface area contributed by atoms with Gasteiger partial charge in [-0.05, 0) is 72.9 Å². The number of halogens is 4. The van der Waals surface area contributed by atoms with Crippen LogP contribution in [-0.4, -0.2) is 55.7 Å². The smallest absolute Gasteiger partial charge is 0.379 e. The van der Waals surface area contributed by atoms with Crippen LogP contribution < -0.4 is 4.74 Å². The van der Waals surface area contributed by atoms with Crippen molar-refractivity contribution in [3.8, 4) is 5.75 Å². The fourth-order valence-electron chi connectivity index (χ4n) is 6.09. The highest BCUT2D eigenvalue weighted by Crippen LogP contribution is 2.60. The van der Waals surface area contributed by atoms with Gasteiger partial charge in [-0.1, -0.05) is 55.1 Å². The van der Waals surface area contributed by atoms with E-state index < -0.39 is 47.9 Å². The zero-order valence-electron chi connectivity index (χ0n) is 21.4. The molecule has 2 heterocycles. The first-order valence-corrected chi connectivity index (χ1v) is 15.5. The first-order valence-electron chi connectivity index (χ1n) is 12.9. The second kappa shape index (κ2) is 11.3. The van der Waals surface area contributed by atoms with Crippen molar-refractivity contribution in [2.24, 2.45) is 23.7 Å². The number of carbonyl (C=O) groups is 5. The lowest BCUT2D eigenvalue weighted by Crippen LogP contribution is -2.52. The third kappa shape index (κ3) is 4.90. The van der Waals surface area contributed by atoms with Crippen molar-refractivity contribution in [1.29, 1.82) is 0 Å². The number of amides is 3. The number of hydrogen-bond donors (Lipinski definition) is 0. The van der Waals surface area contributed by atoms with Crippen LogP contribution in [0.1, 0.15) is 37.7 Å². The zero-order valence-corrected chi connectivity index (χ0v) is 26.1. The SMILES string of the molecule is O=C(CN(C(=O)c1ccc(Cl)cc1Cl)N1C(=O)[C@@H]2[C@H]3C[C@@H]([C@H](Br)[C@H]3Br)[C@@H]2C1=O)c1ccc(OC(=O)c2ccco2)cc1. The van der Waals surface area contributed by atoms with Gasteiger partial charge in [-0.3, -0.25) is 19.2 Å². The summed E-state index contributed by atoms with van der Waals surface area (Å²) in [5.74, 6) is -4.31. The van der Waals surface area contributed by atoms with E-state index >= 15 is 0 Å². The van der Waals surface area contributed by atoms with Crippen LogP contribution in [0.4, 0.5) is 0 Å². The van der Waals surface area contributed by atoms with Crippen molar-refractivity contribution in [1.82, 2.24) is 10.0 Å². The van der Waals surface area contributed by atoms with Gasteiger partial charge in [0, 0.05) is 20.2 Å². The summed E-state index contributed by atoms with van der Waals surface area (Å²) in [6, 6.07) is 12.9. The van der Waals surface area contributed by atoms with Gasteiger partial charge < -0.3 is 9.15 Å². The second-order valence-corrected chi connectivity index (χ2v) is 13.3. The molecule has 1 aromatic heterocycles. The predicted octanol–water partition coefficient (Wildman–Crippen LogP) is 5.82. The normalized spacial score (nSPS) is 26.0. The van der Waals surface area contributed by atoms with E-state index in [1.807, 2.05) is 0 Å². The Labute approximate surface area is 266 Å². The third-order valence-electron chi connectivity index (χ3n) is 8.00. The molecule has 2 aliphatic carbocycles. The topological polar surface area (TPSA) is 114 Å². The van der Waals surface area contributed by atoms with E-state index in [9.17, 15) is 24.0 Å². The van der Waals surface area contributed by atoms with Crippen LogP contribution in [0.3, 0.4) is 0 Å². The lowest BCUT2D eigenvalue weighted by molar-refractivity contribution is -0.154. The minimum Gasteiger partial charge on any atom is -0.457 e. The maximum atomic E-state index is 13.9. The number of nitrogens with zero attached hydrogens (tertiary/aromatic N) is 2. The molecule has 0 spiro atoms. The van der Waals surface area contributed by atoms with E-state index in [1.54, 1.807) is 6.07 Å². The van der Waals surface area contributed by atoms with E-state index in [-0.39, 0.29) is 54.2 Å². The van der Waals surface area contributed by atoms with Crippen LogP contribution >= 0.6 is 55.1 Å². The first-order chi connectivity index (χ1) is 20.1. The fourth-order valence-corrected chi connectivity index (χ4v) is 8.46. The Morgan fingerprint density at radius 3 is 2.17 bits per heavy atom. The summed E-state index contributed by atoms with van der Waals surface area (Å²) in [6.07, 6.45) is 2.05. The van der Waals surface area contributed by atoms with Gasteiger partial charge in [-0.15, -0.1) is 0 Å². The van der Waals surface area contributed by atoms with Gasteiger partial charge in [-0.25, -0.2) is 9.80 Å². The summed E-state index contributed by atoms with van der Waals surface area (Å²) in [6.45, 7) is -0.620. The lowest BCUT2D eigenvalue weighted by Gasteiger charge is -2.31. The molecule has 3 amide bonds. The summed E-state index contributed by atoms with van der Waals surface area (Å²) in [4.78, 5) is 67.0. The molecule has 3 fully saturated rings. The van der Waals surface area contributed by atoms with Crippen molar-refractivity contribution in [2.75, 3.05) is 6.54 Å². The van der Waals surface area contributed by atoms with E-state index in [4.69, 9.17) is 32.4 Å². The Balaban J connectivity index is 1.28. The molecule has 3 aromatic rings. The van der Waals surface area contributed by atoms with Crippen molar-refractivity contribution < 1.29 is 33.1 Å². The van der Waals surface area contributed by atoms with Crippen LogP contribution in [0, 0.1) is 23.7 Å². The molecule has 9 nitrogen and oxygen atoms in total. The number of alkyl halides is 2. The van der Waals surface area contributed by atoms with E-state index in [0.29, 0.717) is 6.42 Å². The van der Waals surface area contributed by atoms with Crippen LogP contribution in [0.15, 0.2) is 65.3 Å². The minimum absolute atomic E-state index is 0.00246. The van der Waals surface area contributed by atoms with Gasteiger partial charge in [-0.2, -0.15) is 5.01 Å². The molecule has 216 valence electrons. The van der Waals surface area contributed by atoms with Crippen LogP contribution in [0.2, 0.25) is 10.0 Å². The molecule has 2 bridgehead atoms. The van der Waals surface area contributed by atoms with Crippen LogP contribution in [0.25, 0.3) is 0 Å². The standard InChI is InChI=1S/C29H20Br2Cl2N2O7/c30-24-17-11-18(25(24)31)23-22(17)27(38)35(28(23)39)34(26(37)16-8-5-14(32)10-19(16)33)12-20(36)13-3-6-15(7-4-13)42-29(40)21-2-1-9-41-21/h1-10,17-18,22-25H,11-12H2/t17-,18-,22-,23+,24+,25+/m1/s1. The molecule has 3 aliphatic rings. The summed E-state index contributed by atoms with van der Waals surface area (Å²) in [7, 11) is 0. The molecule has 2 saturated carbocycles. The van der Waals surface area contributed by atoms with Crippen molar-refractivity contribution in [3.63, 3.8) is 0 Å². The molecule has 6 rings (SSSR count). The number of esters is 1. The lowest BCUT2D eigenvalue weighted by atomic mass is 9.81. The van der Waals surface area contributed by atoms with Crippen molar-refractivity contribution >= 4 is 84.5 Å². The molecular weight excluding hydrogens is 719 g/mol. The molecule has 2 aromatic carbocycles. The molecule has 13 heteroatoms. The average Bonchev–Trinajstić information content (AvgIpc) is 3.74. The van der Waals surface area contributed by atoms with Gasteiger partial charge in [0.2, 0.25) is 5.76 Å². The predicted molar refractivity (Wildman–Crippen MR) is 158 cm³/mol. The number of hydrogen-bond acceptors (Lipinski definition) is 7. The van der Waals surface area contributed by atoms with E-state index in [1.165, 1.54) is 54.8 Å². The van der Waals surface area contributed by atoms with E-state index in [0.717, 1.165) is 10.0 Å². The van der Waals surface area contributed by atoms with Gasteiger partial charge in [0.15, 0.2) is 5.78 Å². The number of hydrazine groups is 1. The third-order valence-corrected chi connectivity index (χ3v) is 11.8. The highest BCUT2D eigenvalue weighted by molar-refractivity contribution is 9.12. The Bertz CT molecular complexity index is 1580. The Morgan fingerprint density at radius 1 is 0.952 bits per heavy atom. The summed E-state index contributed by atoms with van der Waals surface area (Å²) < 4.78 is 10.3. The highest BCUT2D eigenvalue weighted by atomic mass is 79.9. The number of furan rings is 1. The van der Waals surface area contributed by atoms with Crippen molar-refractivity contribution in [3.05, 3.63) is 87.8 Å². The van der Waals surface area contributed by atoms with Crippen molar-refractivity contribution in [2.45, 2.75) is 16.1 Å². The number of benzene rings is 2. The number of rotatable bonds is 7. The quantitative estimate of drug-likeness (QED) is 0.0987. The first kappa shape index (κ1) is 29.1. The summed E-state index contributed by atoms with van der Waals surface area (Å²) >= 11 is 19.6. The molecule has 1 saturated heterocycles. The van der Waals surface area contributed by atoms with Crippen LogP contribution in [-0.2, 0) is 9.59 Å². The van der Waals surface area contributed by atoms with Gasteiger partial charge in [0.05, 0.1) is 28.7 Å².